The summed E-state index contributed by atoms with van der Waals surface area (Å²) < 4.78 is 0. The molecule has 2 aromatic rings. The average molecular weight is 294 g/mol. The van der Waals surface area contributed by atoms with E-state index in [0.717, 1.165) is 36.1 Å². The van der Waals surface area contributed by atoms with Gasteiger partial charge in [-0.3, -0.25) is 0 Å². The highest BCUT2D eigenvalue weighted by Crippen LogP contribution is 2.10. The average Bonchev–Trinajstić information content (AvgIpc) is 2.59. The van der Waals surface area contributed by atoms with E-state index in [4.69, 9.17) is 10.1 Å². The molecule has 112 valence electrons. The number of hydrogen-bond donors (Lipinski definition) is 0. The summed E-state index contributed by atoms with van der Waals surface area (Å²) in [6, 6.07) is 13.8. The van der Waals surface area contributed by atoms with Crippen molar-refractivity contribution in [1.29, 1.82) is 5.26 Å². The molecular weight excluding hydrogens is 276 g/mol. The predicted octanol–water partition coefficient (Wildman–Crippen LogP) is 3.33. The molecule has 0 unspecified atom stereocenters. The van der Waals surface area contributed by atoms with Gasteiger partial charge in [-0.25, -0.2) is 0 Å². The second kappa shape index (κ2) is 9.24. The number of hydrogen-bond acceptors (Lipinski definition) is 5. The Labute approximate surface area is 130 Å². The highest BCUT2D eigenvalue weighted by Gasteiger charge is 2.07. The summed E-state index contributed by atoms with van der Waals surface area (Å²) in [7, 11) is 0. The van der Waals surface area contributed by atoms with E-state index in [1.54, 1.807) is 12.4 Å². The van der Waals surface area contributed by atoms with Crippen LogP contribution >= 0.6 is 0 Å². The van der Waals surface area contributed by atoms with Gasteiger partial charge >= 0.3 is 0 Å². The predicted molar refractivity (Wildman–Crippen MR) is 84.1 cm³/mol. The molecule has 1 aromatic carbocycles. The fourth-order valence-corrected chi connectivity index (χ4v) is 1.96. The number of benzene rings is 1. The lowest BCUT2D eigenvalue weighted by Crippen LogP contribution is -2.05. The smallest absolute Gasteiger partial charge is 0.118 e. The summed E-state index contributed by atoms with van der Waals surface area (Å²) in [5, 5.41) is 20.4. The van der Waals surface area contributed by atoms with E-state index in [1.807, 2.05) is 36.4 Å². The molecule has 1 heterocycles. The van der Waals surface area contributed by atoms with Crippen LogP contribution in [0.2, 0.25) is 0 Å². The van der Waals surface area contributed by atoms with Crippen LogP contribution < -0.4 is 0 Å². The SMILES string of the molecule is N#CCCCCCO/N=C(\c1ccccc1)c1ccnnc1. The van der Waals surface area contributed by atoms with Crippen LogP contribution in [0.1, 0.15) is 36.8 Å². The molecule has 0 aliphatic rings. The number of rotatable bonds is 8. The minimum atomic E-state index is 0.542. The zero-order chi connectivity index (χ0) is 15.5. The van der Waals surface area contributed by atoms with Crippen LogP contribution in [0.4, 0.5) is 0 Å². The first kappa shape index (κ1) is 15.6. The molecule has 0 fully saturated rings. The third-order valence-electron chi connectivity index (χ3n) is 3.08. The molecular formula is C17H18N4O. The van der Waals surface area contributed by atoms with Crippen molar-refractivity contribution in [1.82, 2.24) is 10.2 Å². The van der Waals surface area contributed by atoms with Gasteiger partial charge in [-0.1, -0.05) is 35.5 Å². The molecule has 0 spiro atoms. The van der Waals surface area contributed by atoms with E-state index in [-0.39, 0.29) is 0 Å². The Morgan fingerprint density at radius 2 is 1.91 bits per heavy atom. The maximum Gasteiger partial charge on any atom is 0.118 e. The van der Waals surface area contributed by atoms with Gasteiger partial charge in [0, 0.05) is 17.5 Å². The van der Waals surface area contributed by atoms with Crippen molar-refractivity contribution < 1.29 is 4.84 Å². The van der Waals surface area contributed by atoms with Gasteiger partial charge in [0.15, 0.2) is 0 Å². The van der Waals surface area contributed by atoms with Crippen LogP contribution in [0, 0.1) is 11.3 Å². The maximum atomic E-state index is 8.48. The van der Waals surface area contributed by atoms with Gasteiger partial charge in [-0.05, 0) is 25.3 Å². The van der Waals surface area contributed by atoms with Crippen LogP contribution in [-0.4, -0.2) is 22.5 Å². The van der Waals surface area contributed by atoms with Gasteiger partial charge in [0.1, 0.15) is 12.3 Å². The maximum absolute atomic E-state index is 8.48. The molecule has 0 aliphatic heterocycles. The molecule has 0 N–H and O–H groups in total. The number of oxime groups is 1. The summed E-state index contributed by atoms with van der Waals surface area (Å²) in [6.07, 6.45) is 6.67. The molecule has 5 nitrogen and oxygen atoms in total. The minimum absolute atomic E-state index is 0.542. The molecule has 22 heavy (non-hydrogen) atoms. The number of aromatic nitrogens is 2. The Balaban J connectivity index is 2.00. The molecule has 1 aromatic heterocycles. The molecule has 5 heteroatoms. The second-order valence-electron chi connectivity index (χ2n) is 4.74. The fourth-order valence-electron chi connectivity index (χ4n) is 1.96. The third kappa shape index (κ3) is 4.98. The second-order valence-corrected chi connectivity index (χ2v) is 4.74. The number of nitriles is 1. The van der Waals surface area contributed by atoms with Crippen molar-refractivity contribution in [2.45, 2.75) is 25.7 Å². The number of nitrogens with zero attached hydrogens (tertiary/aromatic N) is 4. The van der Waals surface area contributed by atoms with E-state index < -0.39 is 0 Å². The summed E-state index contributed by atoms with van der Waals surface area (Å²) >= 11 is 0. The van der Waals surface area contributed by atoms with Crippen molar-refractivity contribution in [2.24, 2.45) is 5.16 Å². The standard InChI is InChI=1S/C17H18N4O/c18-11-6-1-2-7-13-22-21-17(15-8-4-3-5-9-15)16-10-12-19-20-14-16/h3-5,8-10,12,14H,1-2,6-7,13H2/b21-17+. The lowest BCUT2D eigenvalue weighted by atomic mass is 10.1. The van der Waals surface area contributed by atoms with E-state index >= 15 is 0 Å². The van der Waals surface area contributed by atoms with Crippen molar-refractivity contribution in [3.05, 3.63) is 59.9 Å². The van der Waals surface area contributed by atoms with Crippen molar-refractivity contribution >= 4 is 5.71 Å². The van der Waals surface area contributed by atoms with Crippen LogP contribution in [0.3, 0.4) is 0 Å². The topological polar surface area (TPSA) is 71.2 Å². The van der Waals surface area contributed by atoms with Crippen LogP contribution in [-0.2, 0) is 4.84 Å². The summed E-state index contributed by atoms with van der Waals surface area (Å²) in [4.78, 5) is 5.44. The fraction of sp³-hybridized carbons (Fsp3) is 0.294. The molecule has 0 aliphatic carbocycles. The van der Waals surface area contributed by atoms with Crippen molar-refractivity contribution in [2.75, 3.05) is 6.61 Å². The third-order valence-corrected chi connectivity index (χ3v) is 3.08. The molecule has 0 atom stereocenters. The largest absolute Gasteiger partial charge is 0.395 e. The lowest BCUT2D eigenvalue weighted by Gasteiger charge is -2.06. The summed E-state index contributed by atoms with van der Waals surface area (Å²) in [6.45, 7) is 0.542. The van der Waals surface area contributed by atoms with E-state index in [2.05, 4.69) is 21.4 Å². The first-order chi connectivity index (χ1) is 10.9. The summed E-state index contributed by atoms with van der Waals surface area (Å²) in [5.74, 6) is 0. The molecule has 0 amide bonds. The first-order valence-electron chi connectivity index (χ1n) is 7.31. The van der Waals surface area contributed by atoms with Gasteiger partial charge in [0.2, 0.25) is 0 Å². The Morgan fingerprint density at radius 1 is 1.05 bits per heavy atom. The van der Waals surface area contributed by atoms with Crippen LogP contribution in [0.5, 0.6) is 0 Å². The Kier molecular flexibility index (Phi) is 6.57. The zero-order valence-electron chi connectivity index (χ0n) is 12.4. The molecule has 0 saturated heterocycles. The van der Waals surface area contributed by atoms with Crippen molar-refractivity contribution in [3.63, 3.8) is 0 Å². The number of unbranched alkanes of at least 4 members (excludes halogenated alkanes) is 3. The minimum Gasteiger partial charge on any atom is -0.395 e. The highest BCUT2D eigenvalue weighted by molar-refractivity contribution is 6.12. The Hall–Kier alpha value is -2.74. The molecule has 0 radical (unpaired) electrons. The lowest BCUT2D eigenvalue weighted by molar-refractivity contribution is 0.140. The molecule has 0 saturated carbocycles. The van der Waals surface area contributed by atoms with Crippen molar-refractivity contribution in [3.8, 4) is 6.07 Å². The highest BCUT2D eigenvalue weighted by atomic mass is 16.6. The Bertz CT molecular complexity index is 579. The van der Waals surface area contributed by atoms with Gasteiger partial charge in [-0.15, -0.1) is 0 Å². The van der Waals surface area contributed by atoms with E-state index in [0.29, 0.717) is 13.0 Å². The van der Waals surface area contributed by atoms with Gasteiger partial charge in [0.05, 0.1) is 18.5 Å². The first-order valence-corrected chi connectivity index (χ1v) is 7.31. The normalized spacial score (nSPS) is 11.0. The summed E-state index contributed by atoms with van der Waals surface area (Å²) in [5.41, 5.74) is 2.58. The zero-order valence-corrected chi connectivity index (χ0v) is 12.4. The van der Waals surface area contributed by atoms with E-state index in [9.17, 15) is 0 Å². The van der Waals surface area contributed by atoms with Gasteiger partial charge < -0.3 is 4.84 Å². The van der Waals surface area contributed by atoms with Crippen LogP contribution in [0.25, 0.3) is 0 Å². The van der Waals surface area contributed by atoms with Crippen LogP contribution in [0.15, 0.2) is 53.9 Å². The monoisotopic (exact) mass is 294 g/mol. The Morgan fingerprint density at radius 3 is 2.64 bits per heavy atom. The van der Waals surface area contributed by atoms with E-state index in [1.165, 1.54) is 0 Å². The van der Waals surface area contributed by atoms with Gasteiger partial charge in [0.25, 0.3) is 0 Å². The molecule has 2 rings (SSSR count). The molecule has 0 bridgehead atoms. The van der Waals surface area contributed by atoms with Gasteiger partial charge in [-0.2, -0.15) is 15.5 Å². The quantitative estimate of drug-likeness (QED) is 0.425.